The van der Waals surface area contributed by atoms with Crippen LogP contribution in [0.3, 0.4) is 0 Å². The maximum absolute atomic E-state index is 12.0. The molecule has 2 N–H and O–H groups in total. The number of hydrogen-bond donors (Lipinski definition) is 2. The Kier molecular flexibility index (Phi) is 6.68. The summed E-state index contributed by atoms with van der Waals surface area (Å²) < 4.78 is 0. The highest BCUT2D eigenvalue weighted by molar-refractivity contribution is 5.82. The lowest BCUT2D eigenvalue weighted by Gasteiger charge is -2.22. The number of likely N-dealkylation sites (N-methyl/N-ethyl adjacent to an activating group) is 2. The average Bonchev–Trinajstić information content (AvgIpc) is 2.44. The number of aliphatic carboxylic acids is 1. The van der Waals surface area contributed by atoms with Crippen LogP contribution >= 0.6 is 0 Å². The van der Waals surface area contributed by atoms with Gasteiger partial charge in [0.1, 0.15) is 6.04 Å². The SMILES string of the molecule is CN(C)CCN(C)C(=O)N[C@@H](Cc1ccccc1)C(=O)O. The summed E-state index contributed by atoms with van der Waals surface area (Å²) in [5, 5.41) is 11.8. The molecular weight excluding hydrogens is 270 g/mol. The third-order valence-corrected chi connectivity index (χ3v) is 3.11. The van der Waals surface area contributed by atoms with Crippen LogP contribution in [-0.4, -0.2) is 67.2 Å². The quantitative estimate of drug-likeness (QED) is 0.783. The molecule has 0 aliphatic heterocycles. The number of carbonyl (C=O) groups is 2. The van der Waals surface area contributed by atoms with Crippen molar-refractivity contribution in [1.29, 1.82) is 0 Å². The third kappa shape index (κ3) is 6.27. The summed E-state index contributed by atoms with van der Waals surface area (Å²) >= 11 is 0. The maximum atomic E-state index is 12.0. The lowest BCUT2D eigenvalue weighted by molar-refractivity contribution is -0.139. The smallest absolute Gasteiger partial charge is 0.326 e. The fraction of sp³-hybridized carbons (Fsp3) is 0.467. The molecule has 0 fully saturated rings. The van der Waals surface area contributed by atoms with E-state index < -0.39 is 12.0 Å². The number of benzene rings is 1. The second kappa shape index (κ2) is 8.26. The molecule has 0 bridgehead atoms. The van der Waals surface area contributed by atoms with E-state index in [-0.39, 0.29) is 12.5 Å². The Morgan fingerprint density at radius 1 is 1.14 bits per heavy atom. The molecule has 1 aromatic carbocycles. The molecule has 21 heavy (non-hydrogen) atoms. The van der Waals surface area contributed by atoms with Gasteiger partial charge in [-0.1, -0.05) is 30.3 Å². The van der Waals surface area contributed by atoms with Crippen molar-refractivity contribution in [2.45, 2.75) is 12.5 Å². The summed E-state index contributed by atoms with van der Waals surface area (Å²) in [5.74, 6) is -1.03. The van der Waals surface area contributed by atoms with E-state index in [2.05, 4.69) is 5.32 Å². The Morgan fingerprint density at radius 2 is 1.76 bits per heavy atom. The van der Waals surface area contributed by atoms with Crippen LogP contribution in [0, 0.1) is 0 Å². The van der Waals surface area contributed by atoms with Crippen LogP contribution in [0.4, 0.5) is 4.79 Å². The summed E-state index contributed by atoms with van der Waals surface area (Å²) in [6.45, 7) is 1.26. The van der Waals surface area contributed by atoms with Crippen molar-refractivity contribution in [1.82, 2.24) is 15.1 Å². The van der Waals surface area contributed by atoms with Gasteiger partial charge in [0.15, 0.2) is 0 Å². The maximum Gasteiger partial charge on any atom is 0.326 e. The Bertz CT molecular complexity index is 462. The van der Waals surface area contributed by atoms with Crippen LogP contribution in [0.1, 0.15) is 5.56 Å². The van der Waals surface area contributed by atoms with Crippen molar-refractivity contribution in [3.8, 4) is 0 Å². The Labute approximate surface area is 125 Å². The number of urea groups is 1. The number of amides is 2. The Morgan fingerprint density at radius 3 is 2.29 bits per heavy atom. The first kappa shape index (κ1) is 17.0. The van der Waals surface area contributed by atoms with Gasteiger partial charge in [0.05, 0.1) is 0 Å². The fourth-order valence-corrected chi connectivity index (χ4v) is 1.76. The minimum atomic E-state index is -1.03. The van der Waals surface area contributed by atoms with E-state index in [1.54, 1.807) is 7.05 Å². The van der Waals surface area contributed by atoms with Crippen LogP contribution < -0.4 is 5.32 Å². The first-order chi connectivity index (χ1) is 9.90. The minimum absolute atomic E-state index is 0.267. The zero-order chi connectivity index (χ0) is 15.8. The molecule has 2 amide bonds. The lowest BCUT2D eigenvalue weighted by Crippen LogP contribution is -2.48. The highest BCUT2D eigenvalue weighted by Crippen LogP contribution is 2.04. The largest absolute Gasteiger partial charge is 0.480 e. The monoisotopic (exact) mass is 293 g/mol. The molecule has 0 saturated heterocycles. The van der Waals surface area contributed by atoms with Crippen molar-refractivity contribution >= 4 is 12.0 Å². The van der Waals surface area contributed by atoms with Crippen LogP contribution in [-0.2, 0) is 11.2 Å². The van der Waals surface area contributed by atoms with E-state index in [9.17, 15) is 14.7 Å². The van der Waals surface area contributed by atoms with Gasteiger partial charge in [-0.05, 0) is 19.7 Å². The summed E-state index contributed by atoms with van der Waals surface area (Å²) in [6, 6.07) is 7.95. The second-order valence-electron chi connectivity index (χ2n) is 5.25. The third-order valence-electron chi connectivity index (χ3n) is 3.11. The van der Waals surface area contributed by atoms with Crippen LogP contribution in [0.25, 0.3) is 0 Å². The molecule has 1 aromatic rings. The summed E-state index contributed by atoms with van der Waals surface area (Å²) in [7, 11) is 5.49. The average molecular weight is 293 g/mol. The van der Waals surface area contributed by atoms with Gasteiger partial charge in [-0.25, -0.2) is 9.59 Å². The predicted molar refractivity (Wildman–Crippen MR) is 81.3 cm³/mol. The van der Waals surface area contributed by atoms with Gasteiger partial charge in [0.2, 0.25) is 0 Å². The van der Waals surface area contributed by atoms with Gasteiger partial charge in [-0.3, -0.25) is 0 Å². The van der Waals surface area contributed by atoms with Gasteiger partial charge in [0, 0.05) is 26.6 Å². The predicted octanol–water partition coefficient (Wildman–Crippen LogP) is 0.885. The normalized spacial score (nSPS) is 12.0. The van der Waals surface area contributed by atoms with Gasteiger partial charge >= 0.3 is 12.0 Å². The molecule has 1 atom stereocenters. The standard InChI is InChI=1S/C15H23N3O3/c1-17(2)9-10-18(3)15(21)16-13(14(19)20)11-12-7-5-4-6-8-12/h4-8,13H,9-11H2,1-3H3,(H,16,21)(H,19,20)/t13-/m0/s1. The van der Waals surface area contributed by atoms with Crippen LogP contribution in [0.15, 0.2) is 30.3 Å². The first-order valence-electron chi connectivity index (χ1n) is 6.83. The topological polar surface area (TPSA) is 72.9 Å². The summed E-state index contributed by atoms with van der Waals surface area (Å²) in [5.41, 5.74) is 0.876. The fourth-order valence-electron chi connectivity index (χ4n) is 1.76. The zero-order valence-corrected chi connectivity index (χ0v) is 12.7. The Hall–Kier alpha value is -2.08. The number of carboxylic acid groups (broad SMARTS) is 1. The van der Waals surface area contributed by atoms with Crippen molar-refractivity contribution in [2.24, 2.45) is 0 Å². The lowest BCUT2D eigenvalue weighted by atomic mass is 10.1. The van der Waals surface area contributed by atoms with Crippen LogP contribution in [0.5, 0.6) is 0 Å². The van der Waals surface area contributed by atoms with E-state index in [0.717, 1.165) is 12.1 Å². The van der Waals surface area contributed by atoms with E-state index in [1.165, 1.54) is 4.90 Å². The molecule has 0 saturated carbocycles. The number of hydrogen-bond acceptors (Lipinski definition) is 3. The van der Waals surface area contributed by atoms with Crippen molar-refractivity contribution in [3.05, 3.63) is 35.9 Å². The van der Waals surface area contributed by atoms with E-state index in [1.807, 2.05) is 49.3 Å². The molecule has 0 aliphatic rings. The van der Waals surface area contributed by atoms with E-state index >= 15 is 0 Å². The first-order valence-corrected chi connectivity index (χ1v) is 6.83. The summed E-state index contributed by atoms with van der Waals surface area (Å²) in [4.78, 5) is 26.7. The van der Waals surface area contributed by atoms with Crippen LogP contribution in [0.2, 0.25) is 0 Å². The van der Waals surface area contributed by atoms with Gasteiger partial charge < -0.3 is 20.2 Å². The molecule has 0 unspecified atom stereocenters. The van der Waals surface area contributed by atoms with Gasteiger partial charge in [-0.15, -0.1) is 0 Å². The van der Waals surface area contributed by atoms with Gasteiger partial charge in [0.25, 0.3) is 0 Å². The van der Waals surface area contributed by atoms with Gasteiger partial charge in [-0.2, -0.15) is 0 Å². The molecule has 0 spiro atoms. The van der Waals surface area contributed by atoms with Crippen molar-refractivity contribution < 1.29 is 14.7 Å². The summed E-state index contributed by atoms with van der Waals surface area (Å²) in [6.07, 6.45) is 0.267. The number of nitrogens with one attached hydrogen (secondary N) is 1. The molecule has 1 rings (SSSR count). The second-order valence-corrected chi connectivity index (χ2v) is 5.25. The van der Waals surface area contributed by atoms with E-state index in [4.69, 9.17) is 0 Å². The molecule has 0 radical (unpaired) electrons. The number of rotatable bonds is 7. The van der Waals surface area contributed by atoms with E-state index in [0.29, 0.717) is 6.54 Å². The Balaban J connectivity index is 2.58. The highest BCUT2D eigenvalue weighted by Gasteiger charge is 2.22. The molecule has 6 nitrogen and oxygen atoms in total. The molecule has 0 aliphatic carbocycles. The highest BCUT2D eigenvalue weighted by atomic mass is 16.4. The number of carboxylic acids is 1. The molecular formula is C15H23N3O3. The molecule has 116 valence electrons. The van der Waals surface area contributed by atoms with Crippen molar-refractivity contribution in [2.75, 3.05) is 34.2 Å². The molecule has 0 aromatic heterocycles. The molecule has 6 heteroatoms. The van der Waals surface area contributed by atoms with Crippen molar-refractivity contribution in [3.63, 3.8) is 0 Å². The number of nitrogens with zero attached hydrogens (tertiary/aromatic N) is 2. The number of carbonyl (C=O) groups excluding carboxylic acids is 1. The zero-order valence-electron chi connectivity index (χ0n) is 12.7. The molecule has 0 heterocycles. The minimum Gasteiger partial charge on any atom is -0.480 e.